The van der Waals surface area contributed by atoms with Crippen LogP contribution >= 0.6 is 0 Å². The fraction of sp³-hybridized carbons (Fsp3) is 0.500. The molecule has 0 N–H and O–H groups in total. The van der Waals surface area contributed by atoms with E-state index >= 15 is 0 Å². The molecule has 1 aromatic carbocycles. The normalized spacial score (nSPS) is 20.1. The lowest BCUT2D eigenvalue weighted by Gasteiger charge is -2.36. The van der Waals surface area contributed by atoms with Crippen molar-refractivity contribution in [3.05, 3.63) is 35.4 Å². The molecule has 1 unspecified atom stereocenters. The number of alkyl halides is 6. The van der Waals surface area contributed by atoms with Gasteiger partial charge in [0.25, 0.3) is 5.91 Å². The highest BCUT2D eigenvalue weighted by Crippen LogP contribution is 2.34. The molecule has 2 nitrogen and oxygen atoms in total. The number of carbonyl (C=O) groups is 1. The largest absolute Gasteiger partial charge is 0.416 e. The highest BCUT2D eigenvalue weighted by Gasteiger charge is 2.46. The Balaban J connectivity index is 2.30. The second kappa shape index (κ2) is 5.81. The highest BCUT2D eigenvalue weighted by atomic mass is 19.4. The molecule has 1 aliphatic heterocycles. The fourth-order valence-electron chi connectivity index (χ4n) is 2.51. The van der Waals surface area contributed by atoms with Crippen molar-refractivity contribution in [3.8, 4) is 0 Å². The van der Waals surface area contributed by atoms with E-state index in [1.165, 1.54) is 0 Å². The van der Waals surface area contributed by atoms with Gasteiger partial charge in [0.15, 0.2) is 0 Å². The minimum Gasteiger partial charge on any atom is -0.327 e. The molecule has 122 valence electrons. The SMILES string of the molecule is O=C(c1cccc(C(F)(F)F)c1)N1CCCCC1C(F)(F)F. The van der Waals surface area contributed by atoms with E-state index in [2.05, 4.69) is 0 Å². The van der Waals surface area contributed by atoms with Crippen molar-refractivity contribution in [1.82, 2.24) is 4.90 Å². The van der Waals surface area contributed by atoms with Crippen molar-refractivity contribution in [2.45, 2.75) is 37.7 Å². The van der Waals surface area contributed by atoms with Gasteiger partial charge in [0, 0.05) is 12.1 Å². The fourth-order valence-corrected chi connectivity index (χ4v) is 2.51. The molecule has 8 heteroatoms. The summed E-state index contributed by atoms with van der Waals surface area (Å²) in [7, 11) is 0. The lowest BCUT2D eigenvalue weighted by atomic mass is 10.00. The minimum absolute atomic E-state index is 0.112. The average molecular weight is 325 g/mol. The number of hydrogen-bond donors (Lipinski definition) is 0. The lowest BCUT2D eigenvalue weighted by Crippen LogP contribution is -2.51. The molecule has 0 bridgehead atoms. The summed E-state index contributed by atoms with van der Waals surface area (Å²) < 4.78 is 76.8. The maximum atomic E-state index is 13.0. The van der Waals surface area contributed by atoms with Crippen LogP contribution in [0.2, 0.25) is 0 Å². The first-order chi connectivity index (χ1) is 10.1. The maximum absolute atomic E-state index is 13.0. The van der Waals surface area contributed by atoms with E-state index in [4.69, 9.17) is 0 Å². The number of piperidine rings is 1. The number of hydrogen-bond acceptors (Lipinski definition) is 1. The number of nitrogens with zero attached hydrogens (tertiary/aromatic N) is 1. The monoisotopic (exact) mass is 325 g/mol. The standard InChI is InChI=1S/C14H13F6NO/c15-13(16,17)10-5-3-4-9(8-10)12(22)21-7-2-1-6-11(21)14(18,19)20/h3-5,8,11H,1-2,6-7H2. The smallest absolute Gasteiger partial charge is 0.327 e. The van der Waals surface area contributed by atoms with Gasteiger partial charge in [0.1, 0.15) is 6.04 Å². The van der Waals surface area contributed by atoms with Gasteiger partial charge in [-0.25, -0.2) is 0 Å². The van der Waals surface area contributed by atoms with Crippen molar-refractivity contribution in [1.29, 1.82) is 0 Å². The van der Waals surface area contributed by atoms with Crippen molar-refractivity contribution in [2.75, 3.05) is 6.54 Å². The van der Waals surface area contributed by atoms with E-state index in [1.54, 1.807) is 0 Å². The first-order valence-electron chi connectivity index (χ1n) is 6.65. The molecular weight excluding hydrogens is 312 g/mol. The van der Waals surface area contributed by atoms with Crippen LogP contribution in [0.5, 0.6) is 0 Å². The lowest BCUT2D eigenvalue weighted by molar-refractivity contribution is -0.183. The molecule has 1 fully saturated rings. The van der Waals surface area contributed by atoms with E-state index in [1.807, 2.05) is 0 Å². The van der Waals surface area contributed by atoms with Gasteiger partial charge < -0.3 is 4.90 Å². The zero-order chi connectivity index (χ0) is 16.5. The minimum atomic E-state index is -4.65. The highest BCUT2D eigenvalue weighted by molar-refractivity contribution is 5.94. The van der Waals surface area contributed by atoms with Crippen LogP contribution in [0.4, 0.5) is 26.3 Å². The third-order valence-electron chi connectivity index (χ3n) is 3.58. The molecule has 2 rings (SSSR count). The Morgan fingerprint density at radius 2 is 1.77 bits per heavy atom. The predicted octanol–water partition coefficient (Wildman–Crippen LogP) is 4.26. The van der Waals surface area contributed by atoms with Crippen LogP contribution < -0.4 is 0 Å². The van der Waals surface area contributed by atoms with Crippen LogP contribution in [0.15, 0.2) is 24.3 Å². The van der Waals surface area contributed by atoms with Gasteiger partial charge in [-0.1, -0.05) is 6.07 Å². The first-order valence-corrected chi connectivity index (χ1v) is 6.65. The van der Waals surface area contributed by atoms with E-state index in [0.29, 0.717) is 23.8 Å². The van der Waals surface area contributed by atoms with Crippen LogP contribution in [0.3, 0.4) is 0 Å². The molecular formula is C14H13F6NO. The zero-order valence-electron chi connectivity index (χ0n) is 11.3. The summed E-state index contributed by atoms with van der Waals surface area (Å²) in [5.41, 5.74) is -1.44. The molecule has 1 atom stereocenters. The van der Waals surface area contributed by atoms with Gasteiger partial charge in [-0.05, 0) is 37.5 Å². The summed E-state index contributed by atoms with van der Waals surface area (Å²) in [6.45, 7) is -0.112. The van der Waals surface area contributed by atoms with Crippen molar-refractivity contribution in [2.24, 2.45) is 0 Å². The molecule has 0 saturated carbocycles. The molecule has 0 spiro atoms. The summed E-state index contributed by atoms with van der Waals surface area (Å²) in [5, 5.41) is 0. The summed E-state index contributed by atoms with van der Waals surface area (Å²) in [6, 6.07) is 1.53. The van der Waals surface area contributed by atoms with Gasteiger partial charge in [-0.15, -0.1) is 0 Å². The summed E-state index contributed by atoms with van der Waals surface area (Å²) in [4.78, 5) is 12.8. The quantitative estimate of drug-likeness (QED) is 0.707. The second-order valence-corrected chi connectivity index (χ2v) is 5.13. The third-order valence-corrected chi connectivity index (χ3v) is 3.58. The van der Waals surface area contributed by atoms with E-state index in [0.717, 1.165) is 18.2 Å². The Labute approximate surface area is 122 Å². The molecule has 1 amide bonds. The predicted molar refractivity (Wildman–Crippen MR) is 66.2 cm³/mol. The number of likely N-dealkylation sites (tertiary alicyclic amines) is 1. The second-order valence-electron chi connectivity index (χ2n) is 5.13. The van der Waals surface area contributed by atoms with Crippen molar-refractivity contribution in [3.63, 3.8) is 0 Å². The summed E-state index contributed by atoms with van der Waals surface area (Å²) >= 11 is 0. The van der Waals surface area contributed by atoms with Crippen molar-refractivity contribution < 1.29 is 31.1 Å². The molecule has 0 radical (unpaired) electrons. The Morgan fingerprint density at radius 3 is 2.36 bits per heavy atom. The van der Waals surface area contributed by atoms with Crippen LogP contribution in [0, 0.1) is 0 Å². The Hall–Kier alpha value is -1.73. The zero-order valence-corrected chi connectivity index (χ0v) is 11.3. The molecule has 1 heterocycles. The first kappa shape index (κ1) is 16.6. The van der Waals surface area contributed by atoms with E-state index in [9.17, 15) is 31.1 Å². The van der Waals surface area contributed by atoms with E-state index < -0.39 is 29.9 Å². The number of benzene rings is 1. The number of rotatable bonds is 1. The van der Waals surface area contributed by atoms with Crippen LogP contribution in [-0.4, -0.2) is 29.6 Å². The molecule has 0 aliphatic carbocycles. The summed E-state index contributed by atoms with van der Waals surface area (Å²) in [6.07, 6.45) is -8.73. The van der Waals surface area contributed by atoms with Gasteiger partial charge in [0.05, 0.1) is 5.56 Å². The average Bonchev–Trinajstić information content (AvgIpc) is 2.45. The molecule has 1 aromatic rings. The Kier molecular flexibility index (Phi) is 4.39. The van der Waals surface area contributed by atoms with Gasteiger partial charge in [0.2, 0.25) is 0 Å². The molecule has 1 aliphatic rings. The van der Waals surface area contributed by atoms with Gasteiger partial charge in [-0.3, -0.25) is 4.79 Å². The Morgan fingerprint density at radius 1 is 1.09 bits per heavy atom. The van der Waals surface area contributed by atoms with Crippen LogP contribution in [0.25, 0.3) is 0 Å². The molecule has 1 saturated heterocycles. The number of carbonyl (C=O) groups excluding carboxylic acids is 1. The topological polar surface area (TPSA) is 20.3 Å². The Bertz CT molecular complexity index is 551. The van der Waals surface area contributed by atoms with Crippen LogP contribution in [0.1, 0.15) is 35.2 Å². The summed E-state index contributed by atoms with van der Waals surface area (Å²) in [5.74, 6) is -1.02. The van der Waals surface area contributed by atoms with Gasteiger partial charge in [-0.2, -0.15) is 26.3 Å². The maximum Gasteiger partial charge on any atom is 0.416 e. The molecule has 0 aromatic heterocycles. The van der Waals surface area contributed by atoms with Crippen LogP contribution in [-0.2, 0) is 6.18 Å². The van der Waals surface area contributed by atoms with Gasteiger partial charge >= 0.3 is 12.4 Å². The van der Waals surface area contributed by atoms with E-state index in [-0.39, 0.29) is 18.5 Å². The third kappa shape index (κ3) is 3.53. The number of halogens is 6. The number of amides is 1. The van der Waals surface area contributed by atoms with Crippen molar-refractivity contribution >= 4 is 5.91 Å². The molecule has 22 heavy (non-hydrogen) atoms.